The zero-order valence-corrected chi connectivity index (χ0v) is 17.7. The number of likely N-dealkylation sites (N-methyl/N-ethyl adjacent to an activating group) is 1. The standard InChI is InChI=1S/C21H28N4O3S/c1-24(2)11-12-28-21(27)25-9-7-15(8-10-25)20(26)23-18-14-16(5-6-17(18)22)19-4-3-13-29-19/h3-6,13-15H,7-12,22H2,1-2H3,(H,23,26). The number of nitrogen functional groups attached to an aromatic ring is 1. The van der Waals surface area contributed by atoms with E-state index in [0.717, 1.165) is 10.4 Å². The van der Waals surface area contributed by atoms with E-state index < -0.39 is 0 Å². The number of piperidine rings is 1. The summed E-state index contributed by atoms with van der Waals surface area (Å²) in [6, 6.07) is 9.72. The Bertz CT molecular complexity index is 830. The average molecular weight is 417 g/mol. The molecular formula is C21H28N4O3S. The number of anilines is 2. The second-order valence-corrected chi connectivity index (χ2v) is 8.40. The molecule has 0 bridgehead atoms. The third kappa shape index (κ3) is 5.71. The minimum absolute atomic E-state index is 0.0549. The van der Waals surface area contributed by atoms with Crippen molar-refractivity contribution < 1.29 is 14.3 Å². The van der Waals surface area contributed by atoms with Crippen LogP contribution in [0.4, 0.5) is 16.2 Å². The quantitative estimate of drug-likeness (QED) is 0.705. The van der Waals surface area contributed by atoms with Gasteiger partial charge in [-0.25, -0.2) is 4.79 Å². The molecule has 1 aliphatic heterocycles. The maximum atomic E-state index is 12.7. The molecule has 1 saturated heterocycles. The van der Waals surface area contributed by atoms with Crippen LogP contribution < -0.4 is 11.1 Å². The molecule has 0 aliphatic carbocycles. The number of likely N-dealkylation sites (tertiary alicyclic amines) is 1. The summed E-state index contributed by atoms with van der Waals surface area (Å²) in [5.74, 6) is -0.203. The zero-order valence-electron chi connectivity index (χ0n) is 16.9. The molecule has 7 nitrogen and oxygen atoms in total. The maximum absolute atomic E-state index is 12.7. The van der Waals surface area contributed by atoms with Crippen LogP contribution in [-0.4, -0.2) is 62.1 Å². The van der Waals surface area contributed by atoms with Crippen LogP contribution in [-0.2, 0) is 9.53 Å². The van der Waals surface area contributed by atoms with Crippen molar-refractivity contribution in [2.45, 2.75) is 12.8 Å². The first-order chi connectivity index (χ1) is 13.9. The number of thiophene rings is 1. The Kier molecular flexibility index (Phi) is 7.11. The molecule has 2 aromatic rings. The predicted molar refractivity (Wildman–Crippen MR) is 117 cm³/mol. The van der Waals surface area contributed by atoms with Gasteiger partial charge in [0.25, 0.3) is 0 Å². The van der Waals surface area contributed by atoms with E-state index >= 15 is 0 Å². The number of hydrogen-bond donors (Lipinski definition) is 2. The molecule has 156 valence electrons. The van der Waals surface area contributed by atoms with Gasteiger partial charge in [-0.1, -0.05) is 12.1 Å². The molecule has 0 unspecified atom stereocenters. The fraction of sp³-hybridized carbons (Fsp3) is 0.429. The largest absolute Gasteiger partial charge is 0.448 e. The molecule has 0 saturated carbocycles. The summed E-state index contributed by atoms with van der Waals surface area (Å²) in [6.45, 7) is 2.09. The van der Waals surface area contributed by atoms with Crippen LogP contribution in [0.1, 0.15) is 12.8 Å². The first-order valence-electron chi connectivity index (χ1n) is 9.74. The molecule has 0 atom stereocenters. The molecule has 29 heavy (non-hydrogen) atoms. The number of rotatable bonds is 6. The highest BCUT2D eigenvalue weighted by Gasteiger charge is 2.28. The minimum Gasteiger partial charge on any atom is -0.448 e. The van der Waals surface area contributed by atoms with Crippen molar-refractivity contribution in [1.82, 2.24) is 9.80 Å². The monoisotopic (exact) mass is 416 g/mol. The number of nitrogens with zero attached hydrogens (tertiary/aromatic N) is 2. The Morgan fingerprint density at radius 1 is 1.28 bits per heavy atom. The highest BCUT2D eigenvalue weighted by molar-refractivity contribution is 7.13. The Labute approximate surface area is 175 Å². The van der Waals surface area contributed by atoms with Gasteiger partial charge in [0, 0.05) is 30.4 Å². The molecule has 1 fully saturated rings. The van der Waals surface area contributed by atoms with Gasteiger partial charge in [-0.3, -0.25) is 4.79 Å². The summed E-state index contributed by atoms with van der Waals surface area (Å²) in [5, 5.41) is 4.99. The van der Waals surface area contributed by atoms with Crippen LogP contribution in [0.5, 0.6) is 0 Å². The summed E-state index contributed by atoms with van der Waals surface area (Å²) in [4.78, 5) is 29.6. The van der Waals surface area contributed by atoms with Crippen molar-refractivity contribution >= 4 is 34.7 Å². The number of nitrogens with one attached hydrogen (secondary N) is 1. The molecule has 1 aromatic heterocycles. The Morgan fingerprint density at radius 2 is 2.03 bits per heavy atom. The van der Waals surface area contributed by atoms with Crippen LogP contribution >= 0.6 is 11.3 Å². The third-order valence-corrected chi connectivity index (χ3v) is 5.92. The van der Waals surface area contributed by atoms with E-state index in [1.165, 1.54) is 0 Å². The van der Waals surface area contributed by atoms with Gasteiger partial charge in [0.1, 0.15) is 6.61 Å². The van der Waals surface area contributed by atoms with E-state index in [9.17, 15) is 9.59 Å². The molecule has 3 N–H and O–H groups in total. The smallest absolute Gasteiger partial charge is 0.409 e. The van der Waals surface area contributed by atoms with Crippen LogP contribution in [0.25, 0.3) is 10.4 Å². The van der Waals surface area contributed by atoms with E-state index in [4.69, 9.17) is 10.5 Å². The van der Waals surface area contributed by atoms with E-state index in [-0.39, 0.29) is 17.9 Å². The van der Waals surface area contributed by atoms with Crippen molar-refractivity contribution in [2.24, 2.45) is 5.92 Å². The number of carbonyl (C=O) groups excluding carboxylic acids is 2. The average Bonchev–Trinajstić information content (AvgIpc) is 3.24. The van der Waals surface area contributed by atoms with Gasteiger partial charge in [-0.05, 0) is 56.1 Å². The third-order valence-electron chi connectivity index (χ3n) is 5.00. The molecule has 2 amide bonds. The summed E-state index contributed by atoms with van der Waals surface area (Å²) < 4.78 is 5.28. The lowest BCUT2D eigenvalue weighted by atomic mass is 9.96. The van der Waals surface area contributed by atoms with E-state index in [1.54, 1.807) is 16.2 Å². The van der Waals surface area contributed by atoms with Gasteiger partial charge in [-0.2, -0.15) is 0 Å². The van der Waals surface area contributed by atoms with Crippen molar-refractivity contribution in [3.63, 3.8) is 0 Å². The first kappa shape index (κ1) is 21.1. The van der Waals surface area contributed by atoms with Gasteiger partial charge in [0.2, 0.25) is 5.91 Å². The second kappa shape index (κ2) is 9.76. The van der Waals surface area contributed by atoms with Crippen molar-refractivity contribution in [3.05, 3.63) is 35.7 Å². The predicted octanol–water partition coefficient (Wildman–Crippen LogP) is 3.35. The molecule has 3 rings (SSSR count). The molecule has 0 radical (unpaired) electrons. The number of nitrogens with two attached hydrogens (primary N) is 1. The molecular weight excluding hydrogens is 388 g/mol. The Morgan fingerprint density at radius 3 is 2.69 bits per heavy atom. The lowest BCUT2D eigenvalue weighted by Gasteiger charge is -2.30. The Balaban J connectivity index is 1.52. The summed E-state index contributed by atoms with van der Waals surface area (Å²) >= 11 is 1.64. The SMILES string of the molecule is CN(C)CCOC(=O)N1CCC(C(=O)Nc2cc(-c3cccs3)ccc2N)CC1. The highest BCUT2D eigenvalue weighted by atomic mass is 32.1. The van der Waals surface area contributed by atoms with Gasteiger partial charge >= 0.3 is 6.09 Å². The molecule has 2 heterocycles. The topological polar surface area (TPSA) is 87.9 Å². The van der Waals surface area contributed by atoms with E-state index in [1.807, 2.05) is 54.7 Å². The van der Waals surface area contributed by atoms with Gasteiger partial charge in [0.05, 0.1) is 11.4 Å². The Hall–Kier alpha value is -2.58. The van der Waals surface area contributed by atoms with Crippen LogP contribution in [0.3, 0.4) is 0 Å². The number of benzene rings is 1. The van der Waals surface area contributed by atoms with Crippen molar-refractivity contribution in [3.8, 4) is 10.4 Å². The minimum atomic E-state index is -0.307. The lowest BCUT2D eigenvalue weighted by molar-refractivity contribution is -0.121. The van der Waals surface area contributed by atoms with Crippen LogP contribution in [0, 0.1) is 5.92 Å². The zero-order chi connectivity index (χ0) is 20.8. The second-order valence-electron chi connectivity index (χ2n) is 7.45. The summed E-state index contributed by atoms with van der Waals surface area (Å²) in [7, 11) is 3.86. The number of ether oxygens (including phenoxy) is 1. The molecule has 0 spiro atoms. The number of amides is 2. The first-order valence-corrected chi connectivity index (χ1v) is 10.6. The van der Waals surface area contributed by atoms with Gasteiger partial charge < -0.3 is 25.6 Å². The molecule has 1 aliphatic rings. The van der Waals surface area contributed by atoms with E-state index in [0.29, 0.717) is 50.5 Å². The van der Waals surface area contributed by atoms with Gasteiger partial charge in [0.15, 0.2) is 0 Å². The number of carbonyl (C=O) groups is 2. The van der Waals surface area contributed by atoms with Crippen LogP contribution in [0.15, 0.2) is 35.7 Å². The summed E-state index contributed by atoms with van der Waals surface area (Å²) in [5.41, 5.74) is 8.27. The number of hydrogen-bond acceptors (Lipinski definition) is 6. The van der Waals surface area contributed by atoms with Crippen LogP contribution in [0.2, 0.25) is 0 Å². The fourth-order valence-electron chi connectivity index (χ4n) is 3.23. The van der Waals surface area contributed by atoms with Crippen molar-refractivity contribution in [1.29, 1.82) is 0 Å². The fourth-order valence-corrected chi connectivity index (χ4v) is 3.95. The van der Waals surface area contributed by atoms with E-state index in [2.05, 4.69) is 5.32 Å². The van der Waals surface area contributed by atoms with Gasteiger partial charge in [-0.15, -0.1) is 11.3 Å². The molecule has 1 aromatic carbocycles. The highest BCUT2D eigenvalue weighted by Crippen LogP contribution is 2.31. The molecule has 8 heteroatoms. The maximum Gasteiger partial charge on any atom is 0.409 e. The normalized spacial score (nSPS) is 14.8. The lowest BCUT2D eigenvalue weighted by Crippen LogP contribution is -2.42. The van der Waals surface area contributed by atoms with Crippen molar-refractivity contribution in [2.75, 3.05) is 51.4 Å². The summed E-state index contributed by atoms with van der Waals surface area (Å²) in [6.07, 6.45) is 0.914.